The van der Waals surface area contributed by atoms with E-state index >= 15 is 0 Å². The first-order valence-corrected chi connectivity index (χ1v) is 10.3. The molecule has 0 aromatic heterocycles. The van der Waals surface area contributed by atoms with Gasteiger partial charge in [-0.05, 0) is 17.7 Å². The van der Waals surface area contributed by atoms with Gasteiger partial charge in [-0.15, -0.1) is 3.89 Å². The van der Waals surface area contributed by atoms with Crippen molar-refractivity contribution in [1.82, 2.24) is 0 Å². The molecule has 1 saturated heterocycles. The lowest BCUT2D eigenvalue weighted by atomic mass is 9.83. The molecule has 8 nitrogen and oxygen atoms in total. The highest BCUT2D eigenvalue weighted by Gasteiger charge is 2.46. The van der Waals surface area contributed by atoms with E-state index in [-0.39, 0.29) is 11.7 Å². The van der Waals surface area contributed by atoms with Gasteiger partial charge < -0.3 is 23.8 Å². The lowest BCUT2D eigenvalue weighted by molar-refractivity contribution is -0.129. The molecular weight excluding hydrogens is 417 g/mol. The average Bonchev–Trinajstić information content (AvgIpc) is 2.74. The Morgan fingerprint density at radius 3 is 1.93 bits per heavy atom. The second-order valence-electron chi connectivity index (χ2n) is 6.67. The van der Waals surface area contributed by atoms with E-state index in [0.29, 0.717) is 28.5 Å². The second-order valence-corrected chi connectivity index (χ2v) is 7.99. The van der Waals surface area contributed by atoms with E-state index in [2.05, 4.69) is 0 Å². The zero-order chi connectivity index (χ0) is 22.2. The number of benzene rings is 2. The van der Waals surface area contributed by atoms with Gasteiger partial charge in [0.2, 0.25) is 11.7 Å². The van der Waals surface area contributed by atoms with Crippen molar-refractivity contribution in [3.63, 3.8) is 0 Å². The topological polar surface area (TPSA) is 91.4 Å². The minimum Gasteiger partial charge on any atom is -0.495 e. The van der Waals surface area contributed by atoms with Crippen molar-refractivity contribution >= 4 is 21.8 Å². The summed E-state index contributed by atoms with van der Waals surface area (Å²) in [4.78, 5) is 13.6. The molecule has 2 atom stereocenters. The van der Waals surface area contributed by atoms with E-state index in [1.165, 1.54) is 45.5 Å². The van der Waals surface area contributed by atoms with Gasteiger partial charge in [0, 0.05) is 12.1 Å². The largest absolute Gasteiger partial charge is 0.495 e. The number of carbonyl (C=O) groups is 1. The van der Waals surface area contributed by atoms with Crippen LogP contribution in [-0.2, 0) is 15.0 Å². The van der Waals surface area contributed by atoms with E-state index < -0.39 is 27.1 Å². The van der Waals surface area contributed by atoms with E-state index in [9.17, 15) is 17.1 Å². The predicted octanol–water partition coefficient (Wildman–Crippen LogP) is 3.10. The van der Waals surface area contributed by atoms with Crippen molar-refractivity contribution in [3.8, 4) is 23.0 Å². The predicted molar refractivity (Wildman–Crippen MR) is 107 cm³/mol. The third-order valence-corrected chi connectivity index (χ3v) is 5.94. The van der Waals surface area contributed by atoms with Gasteiger partial charge in [0.25, 0.3) is 0 Å². The van der Waals surface area contributed by atoms with Crippen LogP contribution < -0.4 is 23.8 Å². The fourth-order valence-electron chi connectivity index (χ4n) is 3.63. The zero-order valence-corrected chi connectivity index (χ0v) is 17.9. The number of hydrogen-bond donors (Lipinski definition) is 0. The highest BCUT2D eigenvalue weighted by Crippen LogP contribution is 2.48. The number of amides is 1. The maximum absolute atomic E-state index is 13.8. The summed E-state index contributed by atoms with van der Waals surface area (Å²) in [6.07, 6.45) is 0. The van der Waals surface area contributed by atoms with E-state index in [4.69, 9.17) is 18.9 Å². The fourth-order valence-corrected chi connectivity index (χ4v) is 4.30. The molecule has 1 aliphatic rings. The summed E-state index contributed by atoms with van der Waals surface area (Å²) in [5, 5.41) is 0. The van der Waals surface area contributed by atoms with Crippen LogP contribution in [0.25, 0.3) is 0 Å². The molecule has 0 aliphatic carbocycles. The number of nitrogens with zero attached hydrogens (tertiary/aromatic N) is 1. The van der Waals surface area contributed by atoms with Crippen molar-refractivity contribution in [1.29, 1.82) is 0 Å². The molecular formula is C20H22FNO7S. The summed E-state index contributed by atoms with van der Waals surface area (Å²) < 4.78 is 57.8. The summed E-state index contributed by atoms with van der Waals surface area (Å²) in [6, 6.07) is 6.87. The number of carbonyl (C=O) groups excluding carboxylic acids is 1. The lowest BCUT2D eigenvalue weighted by Crippen LogP contribution is -2.54. The maximum atomic E-state index is 13.8. The van der Waals surface area contributed by atoms with Gasteiger partial charge in [-0.1, -0.05) is 13.0 Å². The molecule has 0 bridgehead atoms. The van der Waals surface area contributed by atoms with Crippen LogP contribution in [0.3, 0.4) is 0 Å². The molecule has 1 heterocycles. The number of methoxy groups -OCH3 is 4. The summed E-state index contributed by atoms with van der Waals surface area (Å²) in [5.74, 6) is 0.345. The van der Waals surface area contributed by atoms with Gasteiger partial charge >= 0.3 is 10.2 Å². The fraction of sp³-hybridized carbons (Fsp3) is 0.350. The zero-order valence-electron chi connectivity index (χ0n) is 17.1. The average molecular weight is 439 g/mol. The van der Waals surface area contributed by atoms with Gasteiger partial charge in [-0.25, -0.2) is 0 Å². The standard InChI is InChI=1S/C20H22FNO7S/c1-11-18(12-6-7-14(26-2)17(8-12)30(21,24)25)22(20(11)23)13-9-15(27-3)19(29-5)16(10-13)28-4/h6-11,18H,1-5H3/t11-,18-/m1/s1. The molecule has 0 unspecified atom stereocenters. The van der Waals surface area contributed by atoms with Gasteiger partial charge in [0.05, 0.1) is 46.1 Å². The normalized spacial score (nSPS) is 18.6. The first kappa shape index (κ1) is 21.7. The van der Waals surface area contributed by atoms with Crippen molar-refractivity contribution in [3.05, 3.63) is 35.9 Å². The highest BCUT2D eigenvalue weighted by atomic mass is 32.3. The maximum Gasteiger partial charge on any atom is 0.335 e. The summed E-state index contributed by atoms with van der Waals surface area (Å²) >= 11 is 0. The van der Waals surface area contributed by atoms with E-state index in [0.717, 1.165) is 0 Å². The molecule has 0 saturated carbocycles. The molecule has 0 N–H and O–H groups in total. The lowest BCUT2D eigenvalue weighted by Gasteiger charge is -2.46. The minimum absolute atomic E-state index is 0.112. The van der Waals surface area contributed by atoms with Gasteiger partial charge in [-0.3, -0.25) is 4.79 Å². The van der Waals surface area contributed by atoms with Crippen molar-refractivity contribution in [2.24, 2.45) is 5.92 Å². The highest BCUT2D eigenvalue weighted by molar-refractivity contribution is 7.86. The van der Waals surface area contributed by atoms with Crippen LogP contribution in [0.1, 0.15) is 18.5 Å². The third kappa shape index (κ3) is 3.51. The van der Waals surface area contributed by atoms with Gasteiger partial charge in [-0.2, -0.15) is 8.42 Å². The molecule has 1 aliphatic heterocycles. The second kappa shape index (κ2) is 8.02. The van der Waals surface area contributed by atoms with Crippen LogP contribution in [0.2, 0.25) is 0 Å². The smallest absolute Gasteiger partial charge is 0.335 e. The molecule has 0 spiro atoms. The molecule has 1 fully saturated rings. The molecule has 10 heteroatoms. The molecule has 2 aromatic rings. The minimum atomic E-state index is -5.01. The van der Waals surface area contributed by atoms with Crippen LogP contribution in [0.4, 0.5) is 9.57 Å². The quantitative estimate of drug-likeness (QED) is 0.484. The number of anilines is 1. The van der Waals surface area contributed by atoms with Crippen LogP contribution in [0.15, 0.2) is 35.2 Å². The Hall–Kier alpha value is -3.01. The Morgan fingerprint density at radius 2 is 1.47 bits per heavy atom. The number of rotatable bonds is 7. The van der Waals surface area contributed by atoms with Crippen LogP contribution in [0.5, 0.6) is 23.0 Å². The van der Waals surface area contributed by atoms with Crippen LogP contribution in [-0.4, -0.2) is 42.8 Å². The Kier molecular flexibility index (Phi) is 5.80. The molecule has 1 amide bonds. The first-order chi connectivity index (χ1) is 14.2. The number of β-lactam (4-membered cyclic amide) rings is 1. The molecule has 2 aromatic carbocycles. The van der Waals surface area contributed by atoms with Crippen molar-refractivity contribution in [2.75, 3.05) is 33.3 Å². The molecule has 162 valence electrons. The Bertz CT molecular complexity index is 1060. The van der Waals surface area contributed by atoms with Crippen molar-refractivity contribution in [2.45, 2.75) is 17.9 Å². The number of ether oxygens (including phenoxy) is 4. The monoisotopic (exact) mass is 439 g/mol. The summed E-state index contributed by atoms with van der Waals surface area (Å²) in [7, 11) is 0.624. The van der Waals surface area contributed by atoms with Gasteiger partial charge in [0.1, 0.15) is 10.6 Å². The third-order valence-electron chi connectivity index (χ3n) is 5.10. The number of hydrogen-bond acceptors (Lipinski definition) is 7. The van der Waals surface area contributed by atoms with Crippen LogP contribution in [0, 0.1) is 5.92 Å². The molecule has 3 rings (SSSR count). The number of halogens is 1. The van der Waals surface area contributed by atoms with Gasteiger partial charge in [0.15, 0.2) is 11.5 Å². The molecule has 0 radical (unpaired) electrons. The molecule has 30 heavy (non-hydrogen) atoms. The Morgan fingerprint density at radius 1 is 0.900 bits per heavy atom. The Balaban J connectivity index is 2.11. The van der Waals surface area contributed by atoms with Crippen molar-refractivity contribution < 1.29 is 36.0 Å². The summed E-state index contributed by atoms with van der Waals surface area (Å²) in [5.41, 5.74) is 0.922. The Labute approximate surface area is 174 Å². The summed E-state index contributed by atoms with van der Waals surface area (Å²) in [6.45, 7) is 1.72. The SMILES string of the molecule is COc1ccc([C@H]2[C@@H](C)C(=O)N2c2cc(OC)c(OC)c(OC)c2)cc1S(=O)(=O)F. The van der Waals surface area contributed by atoms with Crippen LogP contribution >= 0.6 is 0 Å². The first-order valence-electron chi connectivity index (χ1n) is 8.93. The van der Waals surface area contributed by atoms with E-state index in [1.54, 1.807) is 25.1 Å². The van der Waals surface area contributed by atoms with E-state index in [1.807, 2.05) is 0 Å².